The van der Waals surface area contributed by atoms with Gasteiger partial charge in [0, 0.05) is 12.3 Å². The van der Waals surface area contributed by atoms with Crippen molar-refractivity contribution in [1.29, 1.82) is 0 Å². The quantitative estimate of drug-likeness (QED) is 0.629. The van der Waals surface area contributed by atoms with Gasteiger partial charge in [-0.05, 0) is 30.9 Å². The molecule has 5 nitrogen and oxygen atoms in total. The molecule has 4 aliphatic heterocycles. The molecule has 132 valence electrons. The van der Waals surface area contributed by atoms with Gasteiger partial charge < -0.3 is 19.7 Å². The molecule has 3 unspecified atom stereocenters. The van der Waals surface area contributed by atoms with Crippen molar-refractivity contribution >= 4 is 11.4 Å². The monoisotopic (exact) mass is 340 g/mol. The molecule has 1 N–H and O–H groups in total. The lowest BCUT2D eigenvalue weighted by Crippen LogP contribution is -2.84. The topological polar surface area (TPSA) is 64.9 Å². The standard InChI is InChI=1S/C20H24N2O3/c1-11(23)20-10-22(2,24)16-8-19(20)13-5-3-4-6-15(13)21-18(19)17-7-14(20)12(16)9-25-17/h3-6,11-12,14,16-17,23H,7-10H2,1-2H3/t11-,12-,14+,16?,17?,19-,20+,22?/m0/s1. The number of hydrogen-bond acceptors (Lipinski definition) is 4. The van der Waals surface area contributed by atoms with Gasteiger partial charge >= 0.3 is 0 Å². The van der Waals surface area contributed by atoms with Gasteiger partial charge in [-0.1, -0.05) is 18.2 Å². The molecule has 4 heterocycles. The molecule has 0 aromatic heterocycles. The van der Waals surface area contributed by atoms with Crippen molar-refractivity contribution < 1.29 is 14.5 Å². The van der Waals surface area contributed by atoms with E-state index >= 15 is 0 Å². The zero-order valence-corrected chi connectivity index (χ0v) is 14.7. The van der Waals surface area contributed by atoms with E-state index in [0.29, 0.717) is 19.1 Å². The molecule has 7 rings (SSSR count). The first-order valence-corrected chi connectivity index (χ1v) is 9.46. The van der Waals surface area contributed by atoms with Crippen molar-refractivity contribution in [3.8, 4) is 0 Å². The van der Waals surface area contributed by atoms with Gasteiger partial charge in [-0.2, -0.15) is 0 Å². The summed E-state index contributed by atoms with van der Waals surface area (Å²) in [6.45, 7) is 3.02. The van der Waals surface area contributed by atoms with Gasteiger partial charge in [-0.15, -0.1) is 0 Å². The Morgan fingerprint density at radius 2 is 2.20 bits per heavy atom. The van der Waals surface area contributed by atoms with Gasteiger partial charge in [-0.3, -0.25) is 4.99 Å². The van der Waals surface area contributed by atoms with Crippen LogP contribution in [0.15, 0.2) is 29.3 Å². The number of fused-ring (bicyclic) bond motifs is 4. The summed E-state index contributed by atoms with van der Waals surface area (Å²) in [5.74, 6) is 0.595. The number of benzene rings is 1. The number of quaternary nitrogens is 1. The van der Waals surface area contributed by atoms with E-state index in [4.69, 9.17) is 9.73 Å². The van der Waals surface area contributed by atoms with Crippen molar-refractivity contribution in [3.63, 3.8) is 0 Å². The van der Waals surface area contributed by atoms with Crippen LogP contribution in [-0.2, 0) is 10.2 Å². The number of nitrogens with zero attached hydrogens (tertiary/aromatic N) is 2. The molecule has 6 aliphatic rings. The van der Waals surface area contributed by atoms with Crippen molar-refractivity contribution in [1.82, 2.24) is 0 Å². The number of piperidine rings is 2. The van der Waals surface area contributed by atoms with Crippen LogP contribution in [0.25, 0.3) is 0 Å². The van der Waals surface area contributed by atoms with Gasteiger partial charge in [0.15, 0.2) is 0 Å². The highest BCUT2D eigenvalue weighted by molar-refractivity contribution is 6.07. The van der Waals surface area contributed by atoms with Gasteiger partial charge in [-0.25, -0.2) is 0 Å². The SMILES string of the molecule is C[C@H](O)[C@@]12C[N+](C)([O-])C3C[C@]14C(=Nc1ccccc14)C1C[C@@H]2[C@@H]3CO1. The molecule has 5 fully saturated rings. The average molecular weight is 340 g/mol. The van der Waals surface area contributed by atoms with Crippen LogP contribution in [0.1, 0.15) is 25.3 Å². The minimum atomic E-state index is -0.539. The van der Waals surface area contributed by atoms with Gasteiger partial charge in [0.05, 0.1) is 60.7 Å². The number of aliphatic imine (C=N–C) groups is 1. The third kappa shape index (κ3) is 1.36. The largest absolute Gasteiger partial charge is 0.633 e. The van der Waals surface area contributed by atoms with Crippen LogP contribution in [0.3, 0.4) is 0 Å². The molecule has 3 saturated heterocycles. The first kappa shape index (κ1) is 14.9. The lowest BCUT2D eigenvalue weighted by Gasteiger charge is -2.76. The Labute approximate surface area is 147 Å². The lowest BCUT2D eigenvalue weighted by atomic mass is 9.36. The third-order valence-corrected chi connectivity index (χ3v) is 8.31. The van der Waals surface area contributed by atoms with Crippen LogP contribution in [0.4, 0.5) is 5.69 Å². The third-order valence-electron chi connectivity index (χ3n) is 8.31. The molecule has 25 heavy (non-hydrogen) atoms. The summed E-state index contributed by atoms with van der Waals surface area (Å²) in [5, 5.41) is 24.6. The number of aliphatic hydroxyl groups is 1. The minimum Gasteiger partial charge on any atom is -0.633 e. The van der Waals surface area contributed by atoms with Crippen molar-refractivity contribution in [2.75, 3.05) is 20.2 Å². The highest BCUT2D eigenvalue weighted by atomic mass is 16.5. The Kier molecular flexibility index (Phi) is 2.48. The minimum absolute atomic E-state index is 0.0308. The van der Waals surface area contributed by atoms with Crippen LogP contribution < -0.4 is 0 Å². The van der Waals surface area contributed by atoms with Crippen LogP contribution in [0.5, 0.6) is 0 Å². The zero-order chi connectivity index (χ0) is 17.2. The number of hydrogen-bond donors (Lipinski definition) is 1. The first-order valence-electron chi connectivity index (χ1n) is 9.46. The van der Waals surface area contributed by atoms with Crippen molar-refractivity contribution in [2.45, 2.75) is 43.4 Å². The van der Waals surface area contributed by atoms with E-state index in [1.54, 1.807) is 7.05 Å². The average Bonchev–Trinajstić information content (AvgIpc) is 2.89. The summed E-state index contributed by atoms with van der Waals surface area (Å²) in [6, 6.07) is 8.36. The maximum atomic E-state index is 13.5. The van der Waals surface area contributed by atoms with E-state index in [0.717, 1.165) is 24.2 Å². The number of para-hydroxylation sites is 1. The second-order valence-corrected chi connectivity index (χ2v) is 9.07. The second-order valence-electron chi connectivity index (χ2n) is 9.07. The summed E-state index contributed by atoms with van der Waals surface area (Å²) in [5.41, 5.74) is 2.56. The van der Waals surface area contributed by atoms with E-state index in [2.05, 4.69) is 18.2 Å². The van der Waals surface area contributed by atoms with Gasteiger partial charge in [0.25, 0.3) is 0 Å². The summed E-state index contributed by atoms with van der Waals surface area (Å²) < 4.78 is 5.98. The Morgan fingerprint density at radius 1 is 1.40 bits per heavy atom. The van der Waals surface area contributed by atoms with Crippen molar-refractivity contribution in [3.05, 3.63) is 35.0 Å². The summed E-state index contributed by atoms with van der Waals surface area (Å²) >= 11 is 0. The van der Waals surface area contributed by atoms with E-state index < -0.39 is 11.5 Å². The summed E-state index contributed by atoms with van der Waals surface area (Å²) in [6.07, 6.45) is 1.21. The Balaban J connectivity index is 1.72. The Hall–Kier alpha value is -1.27. The molecule has 5 bridgehead atoms. The lowest BCUT2D eigenvalue weighted by molar-refractivity contribution is -0.918. The van der Waals surface area contributed by atoms with Gasteiger partial charge in [0.2, 0.25) is 0 Å². The molecule has 1 spiro atoms. The number of ether oxygens (including phenoxy) is 1. The molecular formula is C20H24N2O3. The maximum absolute atomic E-state index is 13.5. The molecular weight excluding hydrogens is 316 g/mol. The predicted molar refractivity (Wildman–Crippen MR) is 93.5 cm³/mol. The second kappa shape index (κ2) is 4.17. The fraction of sp³-hybridized carbons (Fsp3) is 0.650. The summed E-state index contributed by atoms with van der Waals surface area (Å²) in [7, 11) is 1.80. The van der Waals surface area contributed by atoms with Gasteiger partial charge in [0.1, 0.15) is 0 Å². The molecule has 1 aromatic rings. The van der Waals surface area contributed by atoms with Crippen molar-refractivity contribution in [2.24, 2.45) is 22.2 Å². The van der Waals surface area contributed by atoms with Crippen LogP contribution in [-0.4, -0.2) is 53.9 Å². The Morgan fingerprint density at radius 3 is 3.00 bits per heavy atom. The fourth-order valence-electron chi connectivity index (χ4n) is 7.58. The molecule has 8 atom stereocenters. The van der Waals surface area contributed by atoms with Crippen LogP contribution in [0, 0.1) is 22.5 Å². The Bertz CT molecular complexity index is 819. The molecule has 2 aliphatic carbocycles. The number of hydroxylamine groups is 3. The normalized spacial score (nSPS) is 52.6. The molecule has 0 radical (unpaired) electrons. The summed E-state index contributed by atoms with van der Waals surface area (Å²) in [4.78, 5) is 5.03. The number of rotatable bonds is 1. The fourth-order valence-corrected chi connectivity index (χ4v) is 7.58. The predicted octanol–water partition coefficient (Wildman–Crippen LogP) is 2.14. The first-order chi connectivity index (χ1) is 11.9. The molecule has 2 saturated carbocycles. The van der Waals surface area contributed by atoms with E-state index in [1.807, 2.05) is 13.0 Å². The van der Waals surface area contributed by atoms with E-state index in [-0.39, 0.29) is 28.1 Å². The smallest absolute Gasteiger partial charge is 0.0968 e. The number of aliphatic hydroxyl groups excluding tert-OH is 1. The van der Waals surface area contributed by atoms with Crippen LogP contribution >= 0.6 is 0 Å². The van der Waals surface area contributed by atoms with E-state index in [1.165, 1.54) is 5.56 Å². The highest BCUT2D eigenvalue weighted by Gasteiger charge is 2.79. The zero-order valence-electron chi connectivity index (χ0n) is 14.7. The molecule has 0 amide bonds. The van der Waals surface area contributed by atoms with Crippen LogP contribution in [0.2, 0.25) is 0 Å². The maximum Gasteiger partial charge on any atom is 0.0968 e. The molecule has 1 aromatic carbocycles. The highest BCUT2D eigenvalue weighted by Crippen LogP contribution is 2.72. The van der Waals surface area contributed by atoms with E-state index in [9.17, 15) is 10.3 Å². The molecule has 5 heteroatoms.